The van der Waals surface area contributed by atoms with E-state index in [-0.39, 0.29) is 0 Å². The second kappa shape index (κ2) is 3.87. The van der Waals surface area contributed by atoms with Crippen LogP contribution in [-0.2, 0) is 4.74 Å². The standard InChI is InChI=1S/C10H18NO/c1-4-6-11(3,7-5-2)8-10-9-12-10/h4-5,10H,1-2,6-9H2,3H3/q+1. The Labute approximate surface area is 74.7 Å². The molecular formula is C10H18NO+. The van der Waals surface area contributed by atoms with Gasteiger partial charge < -0.3 is 9.22 Å². The molecule has 2 heteroatoms. The van der Waals surface area contributed by atoms with Crippen LogP contribution in [0.4, 0.5) is 0 Å². The predicted molar refractivity (Wildman–Crippen MR) is 50.9 cm³/mol. The van der Waals surface area contributed by atoms with E-state index in [1.165, 1.54) is 0 Å². The first-order chi connectivity index (χ1) is 5.70. The average Bonchev–Trinajstić information content (AvgIpc) is 2.72. The number of quaternary nitrogens is 1. The van der Waals surface area contributed by atoms with E-state index in [0.717, 1.165) is 30.7 Å². The zero-order chi connectivity index (χ0) is 9.03. The number of ether oxygens (including phenoxy) is 1. The monoisotopic (exact) mass is 168 g/mol. The highest BCUT2D eigenvalue weighted by molar-refractivity contribution is 4.75. The van der Waals surface area contributed by atoms with Gasteiger partial charge in [0.15, 0.2) is 0 Å². The zero-order valence-electron chi connectivity index (χ0n) is 7.83. The van der Waals surface area contributed by atoms with Gasteiger partial charge in [0.25, 0.3) is 0 Å². The molecule has 1 rings (SSSR count). The molecule has 12 heavy (non-hydrogen) atoms. The normalized spacial score (nSPS) is 21.9. The van der Waals surface area contributed by atoms with E-state index >= 15 is 0 Å². The highest BCUT2D eigenvalue weighted by atomic mass is 16.6. The summed E-state index contributed by atoms with van der Waals surface area (Å²) in [6, 6.07) is 0. The molecule has 0 aromatic carbocycles. The molecule has 0 N–H and O–H groups in total. The molecule has 1 aliphatic rings. The van der Waals surface area contributed by atoms with E-state index < -0.39 is 0 Å². The van der Waals surface area contributed by atoms with Gasteiger partial charge in [0.2, 0.25) is 0 Å². The molecule has 68 valence electrons. The van der Waals surface area contributed by atoms with Crippen LogP contribution in [-0.4, -0.2) is 43.9 Å². The summed E-state index contributed by atoms with van der Waals surface area (Å²) in [4.78, 5) is 0. The van der Waals surface area contributed by atoms with E-state index in [0.29, 0.717) is 6.10 Å². The molecule has 1 atom stereocenters. The van der Waals surface area contributed by atoms with Gasteiger partial charge in [0.1, 0.15) is 12.6 Å². The first kappa shape index (κ1) is 9.49. The van der Waals surface area contributed by atoms with Crippen LogP contribution in [0.1, 0.15) is 0 Å². The Morgan fingerprint density at radius 3 is 2.25 bits per heavy atom. The summed E-state index contributed by atoms with van der Waals surface area (Å²) in [6.45, 7) is 11.5. The van der Waals surface area contributed by atoms with Crippen molar-refractivity contribution in [2.45, 2.75) is 6.10 Å². The van der Waals surface area contributed by atoms with Crippen LogP contribution in [0.5, 0.6) is 0 Å². The Morgan fingerprint density at radius 1 is 1.42 bits per heavy atom. The van der Waals surface area contributed by atoms with Crippen molar-refractivity contribution in [2.24, 2.45) is 0 Å². The lowest BCUT2D eigenvalue weighted by Crippen LogP contribution is -2.46. The average molecular weight is 168 g/mol. The Hall–Kier alpha value is -0.600. The third-order valence-corrected chi connectivity index (χ3v) is 2.19. The van der Waals surface area contributed by atoms with Crippen molar-refractivity contribution in [2.75, 3.05) is 33.3 Å². The van der Waals surface area contributed by atoms with Gasteiger partial charge in [0.05, 0.1) is 26.7 Å². The number of hydrogen-bond acceptors (Lipinski definition) is 1. The maximum absolute atomic E-state index is 5.21. The Bertz CT molecular complexity index is 163. The third kappa shape index (κ3) is 2.80. The van der Waals surface area contributed by atoms with Crippen molar-refractivity contribution in [3.8, 4) is 0 Å². The smallest absolute Gasteiger partial charge is 0.130 e. The second-order valence-corrected chi connectivity index (χ2v) is 3.70. The summed E-state index contributed by atoms with van der Waals surface area (Å²) in [5.74, 6) is 0. The van der Waals surface area contributed by atoms with E-state index in [1.54, 1.807) is 0 Å². The summed E-state index contributed by atoms with van der Waals surface area (Å²) in [6.07, 6.45) is 4.41. The topological polar surface area (TPSA) is 12.5 Å². The molecule has 0 radical (unpaired) electrons. The Morgan fingerprint density at radius 2 is 1.92 bits per heavy atom. The lowest BCUT2D eigenvalue weighted by Gasteiger charge is -2.31. The number of rotatable bonds is 6. The first-order valence-electron chi connectivity index (χ1n) is 4.37. The van der Waals surface area contributed by atoms with Crippen molar-refractivity contribution in [1.29, 1.82) is 0 Å². The minimum atomic E-state index is 0.481. The fourth-order valence-corrected chi connectivity index (χ4v) is 1.51. The van der Waals surface area contributed by atoms with Gasteiger partial charge in [-0.25, -0.2) is 0 Å². The fraction of sp³-hybridized carbons (Fsp3) is 0.600. The van der Waals surface area contributed by atoms with Crippen LogP contribution in [0.2, 0.25) is 0 Å². The van der Waals surface area contributed by atoms with Gasteiger partial charge in [0, 0.05) is 0 Å². The van der Waals surface area contributed by atoms with Gasteiger partial charge in [-0.1, -0.05) is 13.2 Å². The quantitative estimate of drug-likeness (QED) is 0.330. The van der Waals surface area contributed by atoms with Gasteiger partial charge in [-0.15, -0.1) is 0 Å². The molecule has 1 unspecified atom stereocenters. The predicted octanol–water partition coefficient (Wildman–Crippen LogP) is 1.20. The first-order valence-corrected chi connectivity index (χ1v) is 4.37. The van der Waals surface area contributed by atoms with Crippen LogP contribution >= 0.6 is 0 Å². The summed E-state index contributed by atoms with van der Waals surface area (Å²) >= 11 is 0. The second-order valence-electron chi connectivity index (χ2n) is 3.70. The molecule has 0 amide bonds. The molecule has 1 heterocycles. The maximum Gasteiger partial charge on any atom is 0.130 e. The minimum Gasteiger partial charge on any atom is -0.367 e. The highest BCUT2D eigenvalue weighted by Gasteiger charge is 2.32. The maximum atomic E-state index is 5.21. The van der Waals surface area contributed by atoms with Gasteiger partial charge in [-0.05, 0) is 12.2 Å². The minimum absolute atomic E-state index is 0.481. The number of epoxide rings is 1. The van der Waals surface area contributed by atoms with Crippen molar-refractivity contribution < 1.29 is 9.22 Å². The summed E-state index contributed by atoms with van der Waals surface area (Å²) in [5, 5.41) is 0. The van der Waals surface area contributed by atoms with Crippen LogP contribution in [0.25, 0.3) is 0 Å². The van der Waals surface area contributed by atoms with E-state index in [2.05, 4.69) is 20.2 Å². The lowest BCUT2D eigenvalue weighted by atomic mass is 10.3. The molecule has 0 aliphatic carbocycles. The molecule has 0 spiro atoms. The Balaban J connectivity index is 2.42. The molecule has 1 aliphatic heterocycles. The van der Waals surface area contributed by atoms with E-state index in [9.17, 15) is 0 Å². The van der Waals surface area contributed by atoms with E-state index in [1.807, 2.05) is 12.2 Å². The molecule has 0 bridgehead atoms. The lowest BCUT2D eigenvalue weighted by molar-refractivity contribution is -0.898. The largest absolute Gasteiger partial charge is 0.367 e. The zero-order valence-corrected chi connectivity index (χ0v) is 7.83. The molecule has 1 fully saturated rings. The van der Waals surface area contributed by atoms with Crippen LogP contribution in [0.15, 0.2) is 25.3 Å². The molecular weight excluding hydrogens is 150 g/mol. The summed E-state index contributed by atoms with van der Waals surface area (Å²) in [5.41, 5.74) is 0. The van der Waals surface area contributed by atoms with Crippen molar-refractivity contribution in [3.63, 3.8) is 0 Å². The van der Waals surface area contributed by atoms with Gasteiger partial charge in [-0.2, -0.15) is 0 Å². The third-order valence-electron chi connectivity index (χ3n) is 2.19. The van der Waals surface area contributed by atoms with Crippen molar-refractivity contribution >= 4 is 0 Å². The molecule has 0 aromatic rings. The van der Waals surface area contributed by atoms with E-state index in [4.69, 9.17) is 4.74 Å². The number of nitrogens with zero attached hydrogens (tertiary/aromatic N) is 1. The SMILES string of the molecule is C=CC[N+](C)(CC=C)CC1CO1. The van der Waals surface area contributed by atoms with Crippen LogP contribution < -0.4 is 0 Å². The fourth-order valence-electron chi connectivity index (χ4n) is 1.51. The highest BCUT2D eigenvalue weighted by Crippen LogP contribution is 2.15. The summed E-state index contributed by atoms with van der Waals surface area (Å²) < 4.78 is 6.18. The molecule has 0 aromatic heterocycles. The molecule has 2 nitrogen and oxygen atoms in total. The van der Waals surface area contributed by atoms with Crippen LogP contribution in [0.3, 0.4) is 0 Å². The molecule has 1 saturated heterocycles. The molecule has 0 saturated carbocycles. The number of likely N-dealkylation sites (N-methyl/N-ethyl adjacent to an activating group) is 1. The van der Waals surface area contributed by atoms with Crippen LogP contribution in [0, 0.1) is 0 Å². The van der Waals surface area contributed by atoms with Crippen molar-refractivity contribution in [1.82, 2.24) is 0 Å². The van der Waals surface area contributed by atoms with Crippen molar-refractivity contribution in [3.05, 3.63) is 25.3 Å². The van der Waals surface area contributed by atoms with Gasteiger partial charge in [-0.3, -0.25) is 0 Å². The van der Waals surface area contributed by atoms with Gasteiger partial charge >= 0.3 is 0 Å². The summed E-state index contributed by atoms with van der Waals surface area (Å²) in [7, 11) is 2.21. The number of hydrogen-bond donors (Lipinski definition) is 0. The Kier molecular flexibility index (Phi) is 3.06.